The van der Waals surface area contributed by atoms with Gasteiger partial charge in [0.2, 0.25) is 0 Å². The summed E-state index contributed by atoms with van der Waals surface area (Å²) in [6, 6.07) is 7.08. The lowest BCUT2D eigenvalue weighted by atomic mass is 10.1. The van der Waals surface area contributed by atoms with E-state index >= 15 is 0 Å². The molecule has 0 saturated carbocycles. The molecule has 2 rings (SSSR count). The SMILES string of the molecule is O=C(O)C(NCc1cccs1)c1ccc(Br)cc1F. The number of hydrogen-bond donors (Lipinski definition) is 2. The van der Waals surface area contributed by atoms with Gasteiger partial charge in [-0.3, -0.25) is 10.1 Å². The van der Waals surface area contributed by atoms with Crippen molar-refractivity contribution in [1.82, 2.24) is 5.32 Å². The van der Waals surface area contributed by atoms with E-state index in [1.807, 2.05) is 17.5 Å². The first kappa shape index (κ1) is 14.2. The predicted octanol–water partition coefficient (Wildman–Crippen LogP) is 3.57. The molecule has 0 radical (unpaired) electrons. The topological polar surface area (TPSA) is 49.3 Å². The summed E-state index contributed by atoms with van der Waals surface area (Å²) in [4.78, 5) is 12.3. The Morgan fingerprint density at radius 2 is 2.26 bits per heavy atom. The van der Waals surface area contributed by atoms with E-state index in [1.54, 1.807) is 6.07 Å². The number of thiophene rings is 1. The van der Waals surface area contributed by atoms with Crippen LogP contribution in [0.3, 0.4) is 0 Å². The summed E-state index contributed by atoms with van der Waals surface area (Å²) in [6.45, 7) is 0.393. The average molecular weight is 344 g/mol. The van der Waals surface area contributed by atoms with Crippen LogP contribution in [-0.2, 0) is 11.3 Å². The zero-order valence-electron chi connectivity index (χ0n) is 9.77. The van der Waals surface area contributed by atoms with Crippen LogP contribution in [0.4, 0.5) is 4.39 Å². The van der Waals surface area contributed by atoms with E-state index in [0.717, 1.165) is 4.88 Å². The normalized spacial score (nSPS) is 12.3. The highest BCUT2D eigenvalue weighted by Crippen LogP contribution is 2.22. The summed E-state index contributed by atoms with van der Waals surface area (Å²) in [5.41, 5.74) is 0.132. The minimum atomic E-state index is -1.10. The molecule has 0 aliphatic rings. The number of rotatable bonds is 5. The van der Waals surface area contributed by atoms with E-state index in [1.165, 1.54) is 23.5 Å². The minimum absolute atomic E-state index is 0.132. The van der Waals surface area contributed by atoms with Crippen LogP contribution < -0.4 is 5.32 Å². The van der Waals surface area contributed by atoms with Crippen LogP contribution in [0.2, 0.25) is 0 Å². The van der Waals surface area contributed by atoms with E-state index in [0.29, 0.717) is 11.0 Å². The van der Waals surface area contributed by atoms with Crippen molar-refractivity contribution in [3.05, 3.63) is 56.4 Å². The highest BCUT2D eigenvalue weighted by Gasteiger charge is 2.22. The third-order valence-corrected chi connectivity index (χ3v) is 3.95. The summed E-state index contributed by atoms with van der Waals surface area (Å²) in [7, 11) is 0. The van der Waals surface area contributed by atoms with Gasteiger partial charge in [-0.1, -0.05) is 28.1 Å². The van der Waals surface area contributed by atoms with Crippen molar-refractivity contribution in [3.63, 3.8) is 0 Å². The number of halogens is 2. The van der Waals surface area contributed by atoms with Gasteiger partial charge in [0.05, 0.1) is 0 Å². The largest absolute Gasteiger partial charge is 0.480 e. The van der Waals surface area contributed by atoms with Crippen molar-refractivity contribution in [2.24, 2.45) is 0 Å². The number of carboxylic acid groups (broad SMARTS) is 1. The molecule has 1 atom stereocenters. The predicted molar refractivity (Wildman–Crippen MR) is 75.6 cm³/mol. The highest BCUT2D eigenvalue weighted by molar-refractivity contribution is 9.10. The van der Waals surface area contributed by atoms with E-state index < -0.39 is 17.8 Å². The maximum Gasteiger partial charge on any atom is 0.325 e. The molecule has 19 heavy (non-hydrogen) atoms. The van der Waals surface area contributed by atoms with Gasteiger partial charge in [0, 0.05) is 21.5 Å². The Bertz CT molecular complexity index is 574. The number of aliphatic carboxylic acids is 1. The van der Waals surface area contributed by atoms with Gasteiger partial charge in [-0.25, -0.2) is 4.39 Å². The monoisotopic (exact) mass is 343 g/mol. The van der Waals surface area contributed by atoms with Crippen molar-refractivity contribution >= 4 is 33.2 Å². The quantitative estimate of drug-likeness (QED) is 0.872. The van der Waals surface area contributed by atoms with Gasteiger partial charge in [0.1, 0.15) is 11.9 Å². The van der Waals surface area contributed by atoms with Crippen molar-refractivity contribution < 1.29 is 14.3 Å². The molecule has 1 aromatic carbocycles. The van der Waals surface area contributed by atoms with Crippen molar-refractivity contribution in [1.29, 1.82) is 0 Å². The molecule has 0 fully saturated rings. The zero-order valence-corrected chi connectivity index (χ0v) is 12.2. The molecule has 0 spiro atoms. The number of nitrogens with one attached hydrogen (secondary N) is 1. The molecule has 0 bridgehead atoms. The standard InChI is InChI=1S/C13H11BrFNO2S/c14-8-3-4-10(11(15)6-8)12(13(17)18)16-7-9-2-1-5-19-9/h1-6,12,16H,7H2,(H,17,18). The van der Waals surface area contributed by atoms with E-state index in [-0.39, 0.29) is 5.56 Å². The van der Waals surface area contributed by atoms with Gasteiger partial charge in [-0.05, 0) is 23.6 Å². The van der Waals surface area contributed by atoms with Gasteiger partial charge in [-0.2, -0.15) is 0 Å². The minimum Gasteiger partial charge on any atom is -0.480 e. The molecule has 0 amide bonds. The molecule has 3 nitrogen and oxygen atoms in total. The van der Waals surface area contributed by atoms with E-state index in [2.05, 4.69) is 21.2 Å². The molecule has 1 aromatic heterocycles. The smallest absolute Gasteiger partial charge is 0.325 e. The molecule has 2 N–H and O–H groups in total. The fourth-order valence-electron chi connectivity index (χ4n) is 1.68. The molecule has 6 heteroatoms. The molecule has 2 aromatic rings. The Labute approximate surface area is 122 Å². The molecular formula is C13H11BrFNO2S. The highest BCUT2D eigenvalue weighted by atomic mass is 79.9. The van der Waals surface area contributed by atoms with Crippen LogP contribution in [-0.4, -0.2) is 11.1 Å². The number of hydrogen-bond acceptors (Lipinski definition) is 3. The lowest BCUT2D eigenvalue weighted by Crippen LogP contribution is -2.28. The summed E-state index contributed by atoms with van der Waals surface area (Å²) in [6.07, 6.45) is 0. The lowest BCUT2D eigenvalue weighted by molar-refractivity contribution is -0.139. The van der Waals surface area contributed by atoms with Gasteiger partial charge in [0.25, 0.3) is 0 Å². The Hall–Kier alpha value is -1.24. The van der Waals surface area contributed by atoms with Crippen molar-refractivity contribution in [3.8, 4) is 0 Å². The third kappa shape index (κ3) is 3.62. The maximum absolute atomic E-state index is 13.8. The third-order valence-electron chi connectivity index (χ3n) is 2.58. The Morgan fingerprint density at radius 3 is 2.84 bits per heavy atom. The number of benzene rings is 1. The van der Waals surface area contributed by atoms with Crippen LogP contribution >= 0.6 is 27.3 Å². The Kier molecular flexibility index (Phi) is 4.68. The molecule has 0 saturated heterocycles. The first-order valence-corrected chi connectivity index (χ1v) is 7.18. The van der Waals surface area contributed by atoms with Crippen LogP contribution in [0.1, 0.15) is 16.5 Å². The second-order valence-corrected chi connectivity index (χ2v) is 5.85. The molecule has 1 heterocycles. The van der Waals surface area contributed by atoms with E-state index in [9.17, 15) is 14.3 Å². The fraction of sp³-hybridized carbons (Fsp3) is 0.154. The fourth-order valence-corrected chi connectivity index (χ4v) is 2.67. The molecule has 0 aliphatic heterocycles. The molecule has 1 unspecified atom stereocenters. The summed E-state index contributed by atoms with van der Waals surface area (Å²) < 4.78 is 14.4. The molecule has 100 valence electrons. The van der Waals surface area contributed by atoms with Crippen LogP contribution in [0.15, 0.2) is 40.2 Å². The van der Waals surface area contributed by atoms with Crippen molar-refractivity contribution in [2.75, 3.05) is 0 Å². The van der Waals surface area contributed by atoms with Gasteiger partial charge in [0.15, 0.2) is 0 Å². The Morgan fingerprint density at radius 1 is 1.47 bits per heavy atom. The number of carbonyl (C=O) groups is 1. The lowest BCUT2D eigenvalue weighted by Gasteiger charge is -2.15. The van der Waals surface area contributed by atoms with Gasteiger partial charge in [-0.15, -0.1) is 11.3 Å². The van der Waals surface area contributed by atoms with Crippen molar-refractivity contribution in [2.45, 2.75) is 12.6 Å². The second-order valence-electron chi connectivity index (χ2n) is 3.90. The average Bonchev–Trinajstić information content (AvgIpc) is 2.84. The Balaban J connectivity index is 2.17. The zero-order chi connectivity index (χ0) is 13.8. The van der Waals surface area contributed by atoms with Crippen LogP contribution in [0.25, 0.3) is 0 Å². The second kappa shape index (κ2) is 6.27. The number of carboxylic acids is 1. The van der Waals surface area contributed by atoms with Gasteiger partial charge >= 0.3 is 5.97 Å². The molecular weight excluding hydrogens is 333 g/mol. The first-order chi connectivity index (χ1) is 9.08. The maximum atomic E-state index is 13.8. The summed E-state index contributed by atoms with van der Waals surface area (Å²) in [5.74, 6) is -1.64. The van der Waals surface area contributed by atoms with Crippen LogP contribution in [0.5, 0.6) is 0 Å². The van der Waals surface area contributed by atoms with E-state index in [4.69, 9.17) is 0 Å². The first-order valence-electron chi connectivity index (χ1n) is 5.51. The van der Waals surface area contributed by atoms with Gasteiger partial charge < -0.3 is 5.11 Å². The summed E-state index contributed by atoms with van der Waals surface area (Å²) in [5, 5.41) is 14.0. The summed E-state index contributed by atoms with van der Waals surface area (Å²) >= 11 is 4.67. The molecule has 0 aliphatic carbocycles. The van der Waals surface area contributed by atoms with Crippen LogP contribution in [0, 0.1) is 5.82 Å².